The van der Waals surface area contributed by atoms with Crippen LogP contribution in [0.1, 0.15) is 4.88 Å². The first-order valence-corrected chi connectivity index (χ1v) is 6.80. The van der Waals surface area contributed by atoms with E-state index in [1.165, 1.54) is 11.3 Å². The van der Waals surface area contributed by atoms with Crippen LogP contribution in [-0.4, -0.2) is 24.0 Å². The Morgan fingerprint density at radius 1 is 1.41 bits per heavy atom. The molecule has 0 fully saturated rings. The zero-order chi connectivity index (χ0) is 12.4. The first kappa shape index (κ1) is 12.5. The summed E-state index contributed by atoms with van der Waals surface area (Å²) in [6.07, 6.45) is 0. The van der Waals surface area contributed by atoms with E-state index in [0.717, 1.165) is 27.2 Å². The smallest absolute Gasteiger partial charge is 0.305 e. The molecule has 0 saturated heterocycles. The lowest BCUT2D eigenvalue weighted by Crippen LogP contribution is -2.10. The second kappa shape index (κ2) is 5.16. The first-order valence-electron chi connectivity index (χ1n) is 5.19. The minimum atomic E-state index is -0.00294. The van der Waals surface area contributed by atoms with Crippen molar-refractivity contribution in [1.82, 2.24) is 9.88 Å². The molecule has 1 N–H and O–H groups in total. The number of nitrogens with zero attached hydrogens (tertiary/aromatic N) is 1. The Balaban J connectivity index is 2.47. The summed E-state index contributed by atoms with van der Waals surface area (Å²) in [4.78, 5) is 17.5. The number of halogens is 1. The average Bonchev–Trinajstić information content (AvgIpc) is 2.58. The van der Waals surface area contributed by atoms with E-state index in [9.17, 15) is 4.79 Å². The summed E-state index contributed by atoms with van der Waals surface area (Å²) in [7, 11) is 3.99. The third-order valence-corrected chi connectivity index (χ3v) is 3.66. The quantitative estimate of drug-likeness (QED) is 0.946. The van der Waals surface area contributed by atoms with Crippen molar-refractivity contribution in [3.8, 4) is 11.3 Å². The van der Waals surface area contributed by atoms with Crippen molar-refractivity contribution in [3.05, 3.63) is 43.3 Å². The molecule has 0 amide bonds. The van der Waals surface area contributed by atoms with Crippen molar-refractivity contribution in [2.75, 3.05) is 14.1 Å². The molecule has 90 valence electrons. The van der Waals surface area contributed by atoms with E-state index in [4.69, 9.17) is 0 Å². The van der Waals surface area contributed by atoms with Crippen molar-refractivity contribution in [2.45, 2.75) is 6.54 Å². The normalized spacial score (nSPS) is 11.1. The highest BCUT2D eigenvalue weighted by molar-refractivity contribution is 9.10. The molecular weight excluding hydrogens is 300 g/mol. The maximum Gasteiger partial charge on any atom is 0.305 e. The molecule has 0 saturated carbocycles. The molecular formula is C12H13BrN2OS. The van der Waals surface area contributed by atoms with Crippen molar-refractivity contribution in [2.24, 2.45) is 0 Å². The molecule has 2 rings (SSSR count). The molecule has 0 bridgehead atoms. The fourth-order valence-corrected chi connectivity index (χ4v) is 3.01. The topological polar surface area (TPSA) is 36.1 Å². The van der Waals surface area contributed by atoms with Crippen molar-refractivity contribution in [1.29, 1.82) is 0 Å². The van der Waals surface area contributed by atoms with Crippen LogP contribution in [0, 0.1) is 0 Å². The standard InChI is InChI=1S/C12H13BrN2OS/c1-15(2)7-10-11(14-12(16)17-10)8-4-3-5-9(13)6-8/h3-6H,7H2,1-2H3,(H,14,16). The lowest BCUT2D eigenvalue weighted by atomic mass is 10.1. The Kier molecular flexibility index (Phi) is 3.81. The van der Waals surface area contributed by atoms with Crippen LogP contribution in [0.25, 0.3) is 11.3 Å². The first-order chi connectivity index (χ1) is 8.06. The molecule has 1 aromatic carbocycles. The van der Waals surface area contributed by atoms with Crippen LogP contribution in [0.4, 0.5) is 0 Å². The number of nitrogens with one attached hydrogen (secondary N) is 1. The molecule has 3 nitrogen and oxygen atoms in total. The van der Waals surface area contributed by atoms with Gasteiger partial charge in [0.05, 0.1) is 5.69 Å². The van der Waals surface area contributed by atoms with Gasteiger partial charge in [0.15, 0.2) is 0 Å². The predicted molar refractivity (Wildman–Crippen MR) is 75.5 cm³/mol. The van der Waals surface area contributed by atoms with Crippen LogP contribution in [0.2, 0.25) is 0 Å². The second-order valence-electron chi connectivity index (χ2n) is 4.06. The van der Waals surface area contributed by atoms with E-state index >= 15 is 0 Å². The van der Waals surface area contributed by atoms with E-state index < -0.39 is 0 Å². The number of aromatic nitrogens is 1. The van der Waals surface area contributed by atoms with Gasteiger partial charge in [0.2, 0.25) is 0 Å². The monoisotopic (exact) mass is 312 g/mol. The van der Waals surface area contributed by atoms with E-state index in [2.05, 4.69) is 25.8 Å². The van der Waals surface area contributed by atoms with E-state index in [1.54, 1.807) is 0 Å². The summed E-state index contributed by atoms with van der Waals surface area (Å²) < 4.78 is 1.01. The van der Waals surface area contributed by atoms with Gasteiger partial charge in [-0.3, -0.25) is 4.79 Å². The van der Waals surface area contributed by atoms with Gasteiger partial charge < -0.3 is 9.88 Å². The van der Waals surface area contributed by atoms with Gasteiger partial charge in [-0.1, -0.05) is 39.4 Å². The lowest BCUT2D eigenvalue weighted by molar-refractivity contribution is 0.406. The Hall–Kier alpha value is -0.910. The van der Waals surface area contributed by atoms with Crippen molar-refractivity contribution >= 4 is 27.3 Å². The maximum absolute atomic E-state index is 11.5. The summed E-state index contributed by atoms with van der Waals surface area (Å²) in [5, 5.41) is 0. The molecule has 0 aliphatic heterocycles. The average molecular weight is 313 g/mol. The SMILES string of the molecule is CN(C)Cc1sc(=O)[nH]c1-c1cccc(Br)c1. The van der Waals surface area contributed by atoms with Crippen molar-refractivity contribution < 1.29 is 0 Å². The lowest BCUT2D eigenvalue weighted by Gasteiger charge is -2.09. The molecule has 0 radical (unpaired) electrons. The second-order valence-corrected chi connectivity index (χ2v) is 6.04. The number of thiazole rings is 1. The molecule has 0 aliphatic carbocycles. The molecule has 2 aromatic rings. The Morgan fingerprint density at radius 3 is 2.82 bits per heavy atom. The van der Waals surface area contributed by atoms with Crippen LogP contribution < -0.4 is 4.87 Å². The number of benzene rings is 1. The molecule has 1 aromatic heterocycles. The maximum atomic E-state index is 11.5. The highest BCUT2D eigenvalue weighted by Gasteiger charge is 2.11. The van der Waals surface area contributed by atoms with Gasteiger partial charge in [0.25, 0.3) is 0 Å². The number of aromatic amines is 1. The molecule has 17 heavy (non-hydrogen) atoms. The van der Waals surface area contributed by atoms with Gasteiger partial charge in [-0.15, -0.1) is 0 Å². The molecule has 0 unspecified atom stereocenters. The fourth-order valence-electron chi connectivity index (χ4n) is 1.64. The molecule has 0 aliphatic rings. The summed E-state index contributed by atoms with van der Waals surface area (Å²) >= 11 is 4.72. The van der Waals surface area contributed by atoms with Gasteiger partial charge in [-0.05, 0) is 26.2 Å². The van der Waals surface area contributed by atoms with Crippen LogP contribution in [0.15, 0.2) is 33.5 Å². The molecule has 5 heteroatoms. The third kappa shape index (κ3) is 3.06. The summed E-state index contributed by atoms with van der Waals surface area (Å²) in [6.45, 7) is 0.769. The summed E-state index contributed by atoms with van der Waals surface area (Å²) in [6, 6.07) is 7.95. The molecule has 0 spiro atoms. The zero-order valence-electron chi connectivity index (χ0n) is 9.66. The largest absolute Gasteiger partial charge is 0.312 e. The van der Waals surface area contributed by atoms with Gasteiger partial charge in [-0.2, -0.15) is 0 Å². The van der Waals surface area contributed by atoms with E-state index in [-0.39, 0.29) is 4.87 Å². The minimum absolute atomic E-state index is 0.00294. The summed E-state index contributed by atoms with van der Waals surface area (Å²) in [5.74, 6) is 0. The molecule has 1 heterocycles. The van der Waals surface area contributed by atoms with Gasteiger partial charge in [0, 0.05) is 21.5 Å². The number of hydrogen-bond donors (Lipinski definition) is 1. The molecule has 0 atom stereocenters. The van der Waals surface area contributed by atoms with Gasteiger partial charge >= 0.3 is 4.87 Å². The predicted octanol–water partition coefficient (Wildman–Crippen LogP) is 2.93. The van der Waals surface area contributed by atoms with Crippen LogP contribution >= 0.6 is 27.3 Å². The highest BCUT2D eigenvalue weighted by atomic mass is 79.9. The minimum Gasteiger partial charge on any atom is -0.312 e. The van der Waals surface area contributed by atoms with Gasteiger partial charge in [0.1, 0.15) is 0 Å². The Labute approximate surface area is 112 Å². The van der Waals surface area contributed by atoms with Crippen LogP contribution in [0.5, 0.6) is 0 Å². The van der Waals surface area contributed by atoms with E-state index in [0.29, 0.717) is 0 Å². The Bertz CT molecular complexity index is 574. The Morgan fingerprint density at radius 2 is 2.18 bits per heavy atom. The zero-order valence-corrected chi connectivity index (χ0v) is 12.1. The highest BCUT2D eigenvalue weighted by Crippen LogP contribution is 2.26. The number of rotatable bonds is 3. The van der Waals surface area contributed by atoms with Crippen molar-refractivity contribution in [3.63, 3.8) is 0 Å². The fraction of sp³-hybridized carbons (Fsp3) is 0.250. The van der Waals surface area contributed by atoms with Gasteiger partial charge in [-0.25, -0.2) is 0 Å². The van der Waals surface area contributed by atoms with Crippen LogP contribution in [0.3, 0.4) is 0 Å². The third-order valence-electron chi connectivity index (χ3n) is 2.29. The number of H-pyrrole nitrogens is 1. The van der Waals surface area contributed by atoms with E-state index in [1.807, 2.05) is 38.4 Å². The van der Waals surface area contributed by atoms with Crippen LogP contribution in [-0.2, 0) is 6.54 Å². The number of hydrogen-bond acceptors (Lipinski definition) is 3. The summed E-state index contributed by atoms with van der Waals surface area (Å²) in [5.41, 5.74) is 1.96.